The molecule has 0 aliphatic carbocycles. The van der Waals surface area contributed by atoms with Crippen LogP contribution in [0.4, 0.5) is 0 Å². The zero-order chi connectivity index (χ0) is 12.2. The molecule has 0 spiro atoms. The summed E-state index contributed by atoms with van der Waals surface area (Å²) in [6, 6.07) is 8.06. The molecule has 1 rings (SSSR count). The van der Waals surface area contributed by atoms with Crippen molar-refractivity contribution in [1.29, 1.82) is 0 Å². The average molecular weight is 220 g/mol. The van der Waals surface area contributed by atoms with E-state index in [4.69, 9.17) is 4.74 Å². The fraction of sp³-hybridized carbons (Fsp3) is 0.500. The van der Waals surface area contributed by atoms with Gasteiger partial charge < -0.3 is 4.74 Å². The zero-order valence-corrected chi connectivity index (χ0v) is 10.5. The molecule has 16 heavy (non-hydrogen) atoms. The van der Waals surface area contributed by atoms with Crippen molar-refractivity contribution in [2.75, 3.05) is 7.11 Å². The van der Waals surface area contributed by atoms with E-state index in [-0.39, 0.29) is 11.4 Å². The Kier molecular flexibility index (Phi) is 4.25. The minimum Gasteiger partial charge on any atom is -0.378 e. The molecule has 0 aromatic heterocycles. The maximum absolute atomic E-state index is 11.2. The summed E-state index contributed by atoms with van der Waals surface area (Å²) in [5.74, 6) is 0.197. The molecule has 0 fully saturated rings. The number of carbonyl (C=O) groups excluding carboxylic acids is 1. The molecular weight excluding hydrogens is 200 g/mol. The van der Waals surface area contributed by atoms with Crippen LogP contribution in [-0.4, -0.2) is 18.5 Å². The molecule has 0 heterocycles. The van der Waals surface area contributed by atoms with E-state index in [9.17, 15) is 4.79 Å². The zero-order valence-electron chi connectivity index (χ0n) is 10.5. The van der Waals surface area contributed by atoms with Crippen LogP contribution in [0.2, 0.25) is 0 Å². The smallest absolute Gasteiger partial charge is 0.134 e. The fourth-order valence-corrected chi connectivity index (χ4v) is 1.70. The van der Waals surface area contributed by atoms with Crippen LogP contribution in [0.15, 0.2) is 24.3 Å². The first-order valence-corrected chi connectivity index (χ1v) is 5.56. The summed E-state index contributed by atoms with van der Waals surface area (Å²) in [7, 11) is 1.72. The van der Waals surface area contributed by atoms with Crippen LogP contribution >= 0.6 is 0 Å². The number of ketones is 1. The average Bonchev–Trinajstić information content (AvgIpc) is 2.20. The van der Waals surface area contributed by atoms with Crippen LogP contribution in [-0.2, 0) is 22.4 Å². The molecule has 0 saturated carbocycles. The van der Waals surface area contributed by atoms with Crippen LogP contribution < -0.4 is 0 Å². The number of benzene rings is 1. The third kappa shape index (κ3) is 3.78. The van der Waals surface area contributed by atoms with Gasteiger partial charge >= 0.3 is 0 Å². The van der Waals surface area contributed by atoms with Crippen molar-refractivity contribution in [3.63, 3.8) is 0 Å². The van der Waals surface area contributed by atoms with E-state index in [1.807, 2.05) is 18.2 Å². The topological polar surface area (TPSA) is 26.3 Å². The van der Waals surface area contributed by atoms with E-state index in [1.165, 1.54) is 5.56 Å². The van der Waals surface area contributed by atoms with Crippen molar-refractivity contribution >= 4 is 5.78 Å². The van der Waals surface area contributed by atoms with E-state index < -0.39 is 0 Å². The van der Waals surface area contributed by atoms with Gasteiger partial charge in [0.15, 0.2) is 0 Å². The lowest BCUT2D eigenvalue weighted by atomic mass is 9.93. The molecule has 0 unspecified atom stereocenters. The monoisotopic (exact) mass is 220 g/mol. The Balaban J connectivity index is 2.90. The highest BCUT2D eigenvalue weighted by molar-refractivity contribution is 5.78. The van der Waals surface area contributed by atoms with Gasteiger partial charge in [0.2, 0.25) is 0 Å². The molecule has 0 radical (unpaired) electrons. The maximum atomic E-state index is 11.2. The minimum absolute atomic E-state index is 0.188. The van der Waals surface area contributed by atoms with Gasteiger partial charge in [-0.15, -0.1) is 0 Å². The molecule has 2 heteroatoms. The van der Waals surface area contributed by atoms with Crippen LogP contribution in [0.25, 0.3) is 0 Å². The highest BCUT2D eigenvalue weighted by atomic mass is 16.5. The van der Waals surface area contributed by atoms with Gasteiger partial charge in [-0.1, -0.05) is 24.3 Å². The van der Waals surface area contributed by atoms with Crippen molar-refractivity contribution in [3.05, 3.63) is 35.4 Å². The summed E-state index contributed by atoms with van der Waals surface area (Å²) >= 11 is 0. The summed E-state index contributed by atoms with van der Waals surface area (Å²) in [5.41, 5.74) is 2.12. The Morgan fingerprint density at radius 3 is 2.31 bits per heavy atom. The Bertz CT molecular complexity index is 367. The van der Waals surface area contributed by atoms with Gasteiger partial charge in [0.1, 0.15) is 5.78 Å². The van der Waals surface area contributed by atoms with E-state index >= 15 is 0 Å². The molecule has 0 aliphatic rings. The fourth-order valence-electron chi connectivity index (χ4n) is 1.70. The largest absolute Gasteiger partial charge is 0.378 e. The minimum atomic E-state index is -0.188. The Labute approximate surface area is 97.6 Å². The standard InChI is InChI=1S/C14H20O2/c1-11(15)9-12-7-5-6-8-13(12)10-14(2,3)16-4/h5-8H,9-10H2,1-4H3. The SMILES string of the molecule is COC(C)(C)Cc1ccccc1CC(C)=O. The van der Waals surface area contributed by atoms with Crippen molar-refractivity contribution in [3.8, 4) is 0 Å². The number of hydrogen-bond acceptors (Lipinski definition) is 2. The van der Waals surface area contributed by atoms with E-state index in [0.717, 1.165) is 12.0 Å². The molecule has 2 nitrogen and oxygen atoms in total. The lowest BCUT2D eigenvalue weighted by Crippen LogP contribution is -2.26. The second-order valence-electron chi connectivity index (χ2n) is 4.79. The molecule has 0 amide bonds. The first-order valence-electron chi connectivity index (χ1n) is 5.56. The lowest BCUT2D eigenvalue weighted by Gasteiger charge is -2.24. The highest BCUT2D eigenvalue weighted by Gasteiger charge is 2.18. The molecule has 1 aromatic carbocycles. The lowest BCUT2D eigenvalue weighted by molar-refractivity contribution is -0.116. The van der Waals surface area contributed by atoms with Crippen molar-refractivity contribution in [2.24, 2.45) is 0 Å². The van der Waals surface area contributed by atoms with Crippen LogP contribution in [0.5, 0.6) is 0 Å². The molecule has 88 valence electrons. The first-order chi connectivity index (χ1) is 7.44. The summed E-state index contributed by atoms with van der Waals surface area (Å²) in [6.07, 6.45) is 1.34. The quantitative estimate of drug-likeness (QED) is 0.762. The van der Waals surface area contributed by atoms with Crippen LogP contribution in [0.1, 0.15) is 31.9 Å². The second kappa shape index (κ2) is 5.26. The Morgan fingerprint density at radius 1 is 1.25 bits per heavy atom. The Hall–Kier alpha value is -1.15. The summed E-state index contributed by atoms with van der Waals surface area (Å²) < 4.78 is 5.42. The van der Waals surface area contributed by atoms with Gasteiger partial charge in [-0.3, -0.25) is 4.79 Å². The molecule has 1 aromatic rings. The number of hydrogen-bond donors (Lipinski definition) is 0. The number of ether oxygens (including phenoxy) is 1. The third-order valence-corrected chi connectivity index (χ3v) is 2.73. The normalized spacial score (nSPS) is 11.5. The van der Waals surface area contributed by atoms with Crippen LogP contribution in [0, 0.1) is 0 Å². The van der Waals surface area contributed by atoms with Gasteiger partial charge in [0, 0.05) is 20.0 Å². The Morgan fingerprint density at radius 2 is 1.81 bits per heavy atom. The predicted octanol–water partition coefficient (Wildman–Crippen LogP) is 2.79. The molecule has 0 bridgehead atoms. The summed E-state index contributed by atoms with van der Waals surface area (Å²) in [4.78, 5) is 11.2. The molecule has 0 N–H and O–H groups in total. The maximum Gasteiger partial charge on any atom is 0.134 e. The van der Waals surface area contributed by atoms with Crippen molar-refractivity contribution < 1.29 is 9.53 Å². The van der Waals surface area contributed by atoms with E-state index in [1.54, 1.807) is 14.0 Å². The number of methoxy groups -OCH3 is 1. The first kappa shape index (κ1) is 12.9. The number of rotatable bonds is 5. The third-order valence-electron chi connectivity index (χ3n) is 2.73. The predicted molar refractivity (Wildman–Crippen MR) is 65.6 cm³/mol. The number of Topliss-reactive ketones (excluding diaryl/α,β-unsaturated/α-hetero) is 1. The van der Waals surface area contributed by atoms with E-state index in [2.05, 4.69) is 19.9 Å². The van der Waals surface area contributed by atoms with Crippen molar-refractivity contribution in [2.45, 2.75) is 39.2 Å². The molecule has 0 atom stereocenters. The second-order valence-corrected chi connectivity index (χ2v) is 4.79. The molecular formula is C14H20O2. The molecule has 0 saturated heterocycles. The molecule has 0 aliphatic heterocycles. The highest BCUT2D eigenvalue weighted by Crippen LogP contribution is 2.19. The van der Waals surface area contributed by atoms with Gasteiger partial charge in [-0.25, -0.2) is 0 Å². The van der Waals surface area contributed by atoms with Crippen molar-refractivity contribution in [1.82, 2.24) is 0 Å². The van der Waals surface area contributed by atoms with Gasteiger partial charge in [-0.05, 0) is 31.9 Å². The van der Waals surface area contributed by atoms with Gasteiger partial charge in [0.25, 0.3) is 0 Å². The van der Waals surface area contributed by atoms with Gasteiger partial charge in [-0.2, -0.15) is 0 Å². The summed E-state index contributed by atoms with van der Waals surface area (Å²) in [6.45, 7) is 5.73. The van der Waals surface area contributed by atoms with Gasteiger partial charge in [0.05, 0.1) is 5.60 Å². The van der Waals surface area contributed by atoms with E-state index in [0.29, 0.717) is 6.42 Å². The number of carbonyl (C=O) groups is 1. The summed E-state index contributed by atoms with van der Waals surface area (Å²) in [5, 5.41) is 0. The van der Waals surface area contributed by atoms with Crippen LogP contribution in [0.3, 0.4) is 0 Å².